The molecule has 1 nitrogen and oxygen atoms in total. The Morgan fingerprint density at radius 1 is 1.50 bits per heavy atom. The van der Waals surface area contributed by atoms with E-state index in [-0.39, 0.29) is 11.5 Å². The molecule has 0 amide bonds. The van der Waals surface area contributed by atoms with Crippen molar-refractivity contribution in [1.82, 2.24) is 0 Å². The molecule has 0 aromatic carbocycles. The second-order valence-corrected chi connectivity index (χ2v) is 4.41. The molecule has 3 atom stereocenters. The van der Waals surface area contributed by atoms with Crippen molar-refractivity contribution in [2.75, 3.05) is 0 Å². The lowest BCUT2D eigenvalue weighted by atomic mass is 9.63. The van der Waals surface area contributed by atoms with Crippen LogP contribution in [0.5, 0.6) is 0 Å². The summed E-state index contributed by atoms with van der Waals surface area (Å²) < 4.78 is 0. The van der Waals surface area contributed by atoms with E-state index in [1.807, 2.05) is 6.92 Å². The van der Waals surface area contributed by atoms with E-state index in [4.69, 9.17) is 0 Å². The predicted octanol–water partition coefficient (Wildman–Crippen LogP) is 2.75. The molecular weight excluding hydrogens is 148 g/mol. The Hall–Kier alpha value is -0.300. The van der Waals surface area contributed by atoms with Crippen LogP contribution in [0.15, 0.2) is 12.2 Å². The van der Waals surface area contributed by atoms with Crippen molar-refractivity contribution in [2.24, 2.45) is 11.3 Å². The quantitative estimate of drug-likeness (QED) is 0.597. The fourth-order valence-corrected chi connectivity index (χ4v) is 2.25. The Balaban J connectivity index is 2.87. The summed E-state index contributed by atoms with van der Waals surface area (Å²) in [6, 6.07) is 0. The molecule has 70 valence electrons. The van der Waals surface area contributed by atoms with E-state index in [0.29, 0.717) is 5.92 Å². The first-order valence-corrected chi connectivity index (χ1v) is 4.83. The van der Waals surface area contributed by atoms with Crippen molar-refractivity contribution in [2.45, 2.75) is 46.1 Å². The minimum atomic E-state index is -0.182. The van der Waals surface area contributed by atoms with Gasteiger partial charge in [-0.25, -0.2) is 0 Å². The third-order valence-electron chi connectivity index (χ3n) is 3.75. The third-order valence-corrected chi connectivity index (χ3v) is 3.75. The Morgan fingerprint density at radius 3 is 2.42 bits per heavy atom. The van der Waals surface area contributed by atoms with Gasteiger partial charge in [0.2, 0.25) is 0 Å². The second-order valence-electron chi connectivity index (χ2n) is 4.41. The summed E-state index contributed by atoms with van der Waals surface area (Å²) in [5.41, 5.74) is 1.08. The zero-order valence-corrected chi connectivity index (χ0v) is 8.43. The van der Waals surface area contributed by atoms with Crippen molar-refractivity contribution in [3.05, 3.63) is 12.2 Å². The number of hydrogen-bond donors (Lipinski definition) is 1. The average molecular weight is 168 g/mol. The number of aliphatic hydroxyl groups is 1. The summed E-state index contributed by atoms with van der Waals surface area (Å²) in [6.07, 6.45) is 3.14. The highest BCUT2D eigenvalue weighted by atomic mass is 16.3. The molecule has 0 aliphatic heterocycles. The summed E-state index contributed by atoms with van der Waals surface area (Å²) in [6.45, 7) is 10.4. The van der Waals surface area contributed by atoms with E-state index in [9.17, 15) is 5.11 Å². The first-order valence-electron chi connectivity index (χ1n) is 4.83. The van der Waals surface area contributed by atoms with Gasteiger partial charge in [0.05, 0.1) is 6.10 Å². The molecule has 12 heavy (non-hydrogen) atoms. The van der Waals surface area contributed by atoms with Crippen LogP contribution < -0.4 is 0 Å². The largest absolute Gasteiger partial charge is 0.392 e. The van der Waals surface area contributed by atoms with E-state index < -0.39 is 0 Å². The molecule has 2 unspecified atom stereocenters. The van der Waals surface area contributed by atoms with Crippen molar-refractivity contribution in [3.63, 3.8) is 0 Å². The van der Waals surface area contributed by atoms with Gasteiger partial charge in [-0.15, -0.1) is 0 Å². The monoisotopic (exact) mass is 168 g/mol. The molecule has 1 saturated carbocycles. The maximum atomic E-state index is 9.91. The first-order chi connectivity index (χ1) is 5.49. The van der Waals surface area contributed by atoms with Crippen molar-refractivity contribution in [3.8, 4) is 0 Å². The molecule has 0 spiro atoms. The lowest BCUT2D eigenvalue weighted by Gasteiger charge is -2.44. The van der Waals surface area contributed by atoms with Crippen LogP contribution in [0.1, 0.15) is 40.0 Å². The summed E-state index contributed by atoms with van der Waals surface area (Å²) in [5.74, 6) is 0.568. The molecular formula is C11H20O. The van der Waals surface area contributed by atoms with Gasteiger partial charge in [0.25, 0.3) is 0 Å². The van der Waals surface area contributed by atoms with E-state index in [0.717, 1.165) is 18.4 Å². The molecule has 1 aliphatic rings. The predicted molar refractivity (Wildman–Crippen MR) is 51.9 cm³/mol. The average Bonchev–Trinajstić information content (AvgIpc) is 1.99. The highest BCUT2D eigenvalue weighted by Crippen LogP contribution is 2.45. The molecule has 0 aromatic rings. The van der Waals surface area contributed by atoms with Crippen LogP contribution in [0.3, 0.4) is 0 Å². The SMILES string of the molecule is C=C(C)C1(C)C(O)CCC[C@H]1C. The van der Waals surface area contributed by atoms with Gasteiger partial charge in [0, 0.05) is 5.41 Å². The molecule has 0 saturated heterocycles. The minimum absolute atomic E-state index is 0.0434. The maximum absolute atomic E-state index is 9.91. The van der Waals surface area contributed by atoms with Gasteiger partial charge in [-0.2, -0.15) is 0 Å². The lowest BCUT2D eigenvalue weighted by Crippen LogP contribution is -2.42. The fraction of sp³-hybridized carbons (Fsp3) is 0.818. The van der Waals surface area contributed by atoms with Gasteiger partial charge in [-0.3, -0.25) is 0 Å². The van der Waals surface area contributed by atoms with Crippen molar-refractivity contribution >= 4 is 0 Å². The molecule has 1 aliphatic carbocycles. The first kappa shape index (κ1) is 9.79. The summed E-state index contributed by atoms with van der Waals surface area (Å²) in [4.78, 5) is 0. The van der Waals surface area contributed by atoms with Gasteiger partial charge < -0.3 is 5.11 Å². The molecule has 0 aromatic heterocycles. The molecule has 1 heteroatoms. The van der Waals surface area contributed by atoms with Crippen LogP contribution >= 0.6 is 0 Å². The van der Waals surface area contributed by atoms with E-state index in [1.165, 1.54) is 6.42 Å². The summed E-state index contributed by atoms with van der Waals surface area (Å²) in [7, 11) is 0. The van der Waals surface area contributed by atoms with Crippen LogP contribution in [0.2, 0.25) is 0 Å². The molecule has 1 N–H and O–H groups in total. The van der Waals surface area contributed by atoms with E-state index in [2.05, 4.69) is 20.4 Å². The van der Waals surface area contributed by atoms with Crippen LogP contribution in [0.25, 0.3) is 0 Å². The topological polar surface area (TPSA) is 20.2 Å². The fourth-order valence-electron chi connectivity index (χ4n) is 2.25. The highest BCUT2D eigenvalue weighted by Gasteiger charge is 2.41. The number of aliphatic hydroxyl groups excluding tert-OH is 1. The second kappa shape index (κ2) is 3.21. The Labute approximate surface area is 75.5 Å². The van der Waals surface area contributed by atoms with Gasteiger partial charge >= 0.3 is 0 Å². The van der Waals surface area contributed by atoms with Gasteiger partial charge in [-0.1, -0.05) is 32.4 Å². The summed E-state index contributed by atoms with van der Waals surface area (Å²) >= 11 is 0. The minimum Gasteiger partial charge on any atom is -0.392 e. The van der Waals surface area contributed by atoms with E-state index in [1.54, 1.807) is 0 Å². The zero-order valence-electron chi connectivity index (χ0n) is 8.43. The van der Waals surface area contributed by atoms with Crippen molar-refractivity contribution < 1.29 is 5.11 Å². The third kappa shape index (κ3) is 1.31. The van der Waals surface area contributed by atoms with Crippen LogP contribution in [0, 0.1) is 11.3 Å². The Morgan fingerprint density at radius 2 is 2.08 bits per heavy atom. The molecule has 1 fully saturated rings. The molecule has 0 radical (unpaired) electrons. The molecule has 0 bridgehead atoms. The lowest BCUT2D eigenvalue weighted by molar-refractivity contribution is -0.00998. The Kier molecular flexibility index (Phi) is 2.62. The zero-order chi connectivity index (χ0) is 9.35. The standard InChI is InChI=1S/C11H20O/c1-8(2)11(4)9(3)6-5-7-10(11)12/h9-10,12H,1,5-7H2,2-4H3/t9-,10?,11?/m1/s1. The molecule has 0 heterocycles. The van der Waals surface area contributed by atoms with Crippen molar-refractivity contribution in [1.29, 1.82) is 0 Å². The smallest absolute Gasteiger partial charge is 0.0633 e. The van der Waals surface area contributed by atoms with E-state index >= 15 is 0 Å². The van der Waals surface area contributed by atoms with Crippen LogP contribution in [-0.4, -0.2) is 11.2 Å². The van der Waals surface area contributed by atoms with Gasteiger partial charge in [0.15, 0.2) is 0 Å². The van der Waals surface area contributed by atoms with Crippen LogP contribution in [0.4, 0.5) is 0 Å². The summed E-state index contributed by atoms with van der Waals surface area (Å²) in [5, 5.41) is 9.91. The van der Waals surface area contributed by atoms with Gasteiger partial charge in [0.1, 0.15) is 0 Å². The van der Waals surface area contributed by atoms with Crippen LogP contribution in [-0.2, 0) is 0 Å². The number of hydrogen-bond acceptors (Lipinski definition) is 1. The number of rotatable bonds is 1. The Bertz CT molecular complexity index is 173. The highest BCUT2D eigenvalue weighted by molar-refractivity contribution is 5.12. The normalized spacial score (nSPS) is 42.7. The molecule has 1 rings (SSSR count). The van der Waals surface area contributed by atoms with Gasteiger partial charge in [-0.05, 0) is 25.7 Å². The maximum Gasteiger partial charge on any atom is 0.0633 e.